The predicted octanol–water partition coefficient (Wildman–Crippen LogP) is 2.70. The van der Waals surface area contributed by atoms with E-state index in [1.165, 1.54) is 0 Å². The third-order valence-corrected chi connectivity index (χ3v) is 5.28. The molecule has 0 bridgehead atoms. The van der Waals surface area contributed by atoms with E-state index in [2.05, 4.69) is 21.2 Å². The van der Waals surface area contributed by atoms with Crippen LogP contribution < -0.4 is 4.90 Å². The number of aromatic amines is 1. The summed E-state index contributed by atoms with van der Waals surface area (Å²) in [6.45, 7) is 4.80. The molecule has 3 heterocycles. The first kappa shape index (κ1) is 15.4. The minimum absolute atomic E-state index is 0.0213. The molecule has 4 rings (SSSR count). The number of benzene rings is 1. The number of anilines is 1. The van der Waals surface area contributed by atoms with Crippen LogP contribution in [0.25, 0.3) is 0 Å². The maximum absolute atomic E-state index is 12.9. The van der Waals surface area contributed by atoms with Crippen molar-refractivity contribution in [3.63, 3.8) is 0 Å². The summed E-state index contributed by atoms with van der Waals surface area (Å²) in [4.78, 5) is 17.2. The molecule has 0 saturated carbocycles. The van der Waals surface area contributed by atoms with Crippen molar-refractivity contribution in [2.45, 2.75) is 38.1 Å². The Morgan fingerprint density at radius 2 is 2.00 bits per heavy atom. The normalized spacial score (nSPS) is 25.4. The van der Waals surface area contributed by atoms with E-state index in [1.54, 1.807) is 0 Å². The van der Waals surface area contributed by atoms with Crippen molar-refractivity contribution in [1.29, 1.82) is 0 Å². The van der Waals surface area contributed by atoms with Crippen LogP contribution in [0, 0.1) is 6.92 Å². The molecule has 1 aromatic heterocycles. The van der Waals surface area contributed by atoms with E-state index in [9.17, 15) is 4.79 Å². The molecule has 2 unspecified atom stereocenters. The number of likely N-dealkylation sites (tertiary alicyclic amines) is 1. The van der Waals surface area contributed by atoms with E-state index >= 15 is 0 Å². The monoisotopic (exact) mass is 324 g/mol. The van der Waals surface area contributed by atoms with E-state index < -0.39 is 0 Å². The molecule has 0 spiro atoms. The highest BCUT2D eigenvalue weighted by molar-refractivity contribution is 5.99. The number of aromatic nitrogens is 2. The van der Waals surface area contributed by atoms with E-state index in [1.807, 2.05) is 42.2 Å². The van der Waals surface area contributed by atoms with Crippen LogP contribution in [0.15, 0.2) is 36.4 Å². The van der Waals surface area contributed by atoms with Gasteiger partial charge in [0.05, 0.1) is 11.7 Å². The van der Waals surface area contributed by atoms with Crippen molar-refractivity contribution >= 4 is 11.6 Å². The molecule has 24 heavy (non-hydrogen) atoms. The molecule has 0 aliphatic carbocycles. The van der Waals surface area contributed by atoms with Crippen molar-refractivity contribution in [2.24, 2.45) is 0 Å². The van der Waals surface area contributed by atoms with E-state index in [-0.39, 0.29) is 11.9 Å². The second-order valence-corrected chi connectivity index (χ2v) is 6.94. The lowest BCUT2D eigenvalue weighted by molar-refractivity contribution is -0.122. The van der Waals surface area contributed by atoms with E-state index in [0.717, 1.165) is 56.0 Å². The Bertz CT molecular complexity index is 711. The summed E-state index contributed by atoms with van der Waals surface area (Å²) in [7, 11) is 0. The standard InChI is InChI=1S/C19H24N4O/c1-14-12-17(21-20-14)15-6-5-10-22(13-15)18-9-11-23(19(18)24)16-7-3-2-4-8-16/h2-4,7-8,12,15,18H,5-6,9-11,13H2,1H3,(H,20,21). The first-order valence-electron chi connectivity index (χ1n) is 8.85. The molecule has 1 amide bonds. The lowest BCUT2D eigenvalue weighted by Gasteiger charge is -2.35. The maximum Gasteiger partial charge on any atom is 0.244 e. The van der Waals surface area contributed by atoms with Gasteiger partial charge in [-0.25, -0.2) is 0 Å². The third-order valence-electron chi connectivity index (χ3n) is 5.28. The maximum atomic E-state index is 12.9. The van der Waals surface area contributed by atoms with Crippen LogP contribution >= 0.6 is 0 Å². The van der Waals surface area contributed by atoms with Crippen LogP contribution in [-0.2, 0) is 4.79 Å². The van der Waals surface area contributed by atoms with Gasteiger partial charge in [-0.1, -0.05) is 18.2 Å². The number of hydrogen-bond acceptors (Lipinski definition) is 3. The average Bonchev–Trinajstić information content (AvgIpc) is 3.22. The summed E-state index contributed by atoms with van der Waals surface area (Å²) in [6, 6.07) is 12.2. The van der Waals surface area contributed by atoms with Gasteiger partial charge in [0.2, 0.25) is 5.91 Å². The van der Waals surface area contributed by atoms with E-state index in [0.29, 0.717) is 5.92 Å². The molecule has 5 nitrogen and oxygen atoms in total. The molecule has 126 valence electrons. The molecule has 2 fully saturated rings. The third kappa shape index (κ3) is 2.84. The fourth-order valence-corrected chi connectivity index (χ4v) is 4.05. The second kappa shape index (κ2) is 6.40. The van der Waals surface area contributed by atoms with Gasteiger partial charge in [0, 0.05) is 30.4 Å². The summed E-state index contributed by atoms with van der Waals surface area (Å²) < 4.78 is 0. The number of carbonyl (C=O) groups excluding carboxylic acids is 1. The Kier molecular flexibility index (Phi) is 4.10. The Morgan fingerprint density at radius 3 is 2.75 bits per heavy atom. The zero-order valence-corrected chi connectivity index (χ0v) is 14.1. The van der Waals surface area contributed by atoms with Crippen LogP contribution in [0.2, 0.25) is 0 Å². The number of H-pyrrole nitrogens is 1. The van der Waals surface area contributed by atoms with Crippen molar-refractivity contribution in [3.8, 4) is 0 Å². The molecule has 5 heteroatoms. The highest BCUT2D eigenvalue weighted by Gasteiger charge is 2.38. The van der Waals surface area contributed by atoms with Crippen LogP contribution in [-0.4, -0.2) is 46.7 Å². The highest BCUT2D eigenvalue weighted by atomic mass is 16.2. The molecule has 2 saturated heterocycles. The first-order valence-corrected chi connectivity index (χ1v) is 8.85. The molecular weight excluding hydrogens is 300 g/mol. The Morgan fingerprint density at radius 1 is 1.17 bits per heavy atom. The molecule has 1 N–H and O–H groups in total. The number of nitrogens with one attached hydrogen (secondary N) is 1. The predicted molar refractivity (Wildman–Crippen MR) is 94.1 cm³/mol. The van der Waals surface area contributed by atoms with Crippen LogP contribution in [0.3, 0.4) is 0 Å². The summed E-state index contributed by atoms with van der Waals surface area (Å²) >= 11 is 0. The zero-order valence-electron chi connectivity index (χ0n) is 14.1. The van der Waals surface area contributed by atoms with Gasteiger partial charge in [-0.3, -0.25) is 14.8 Å². The summed E-state index contributed by atoms with van der Waals surface area (Å²) in [5, 5.41) is 7.48. The minimum Gasteiger partial charge on any atom is -0.311 e. The number of carbonyl (C=O) groups is 1. The smallest absolute Gasteiger partial charge is 0.244 e. The Hall–Kier alpha value is -2.14. The summed E-state index contributed by atoms with van der Waals surface area (Å²) in [6.07, 6.45) is 3.20. The van der Waals surface area contributed by atoms with Gasteiger partial charge in [-0.2, -0.15) is 5.10 Å². The lowest BCUT2D eigenvalue weighted by atomic mass is 9.93. The molecular formula is C19H24N4O. The van der Waals surface area contributed by atoms with Gasteiger partial charge in [-0.05, 0) is 50.9 Å². The van der Waals surface area contributed by atoms with Crippen molar-refractivity contribution in [3.05, 3.63) is 47.8 Å². The SMILES string of the molecule is Cc1cc(C2CCCN(C3CCN(c4ccccc4)C3=O)C2)n[nH]1. The quantitative estimate of drug-likeness (QED) is 0.944. The minimum atomic E-state index is 0.0213. The Labute approximate surface area is 142 Å². The number of hydrogen-bond donors (Lipinski definition) is 1. The summed E-state index contributed by atoms with van der Waals surface area (Å²) in [5.41, 5.74) is 3.26. The second-order valence-electron chi connectivity index (χ2n) is 6.94. The first-order chi connectivity index (χ1) is 11.7. The van der Waals surface area contributed by atoms with Gasteiger partial charge in [0.15, 0.2) is 0 Å². The van der Waals surface area contributed by atoms with Crippen LogP contribution in [0.5, 0.6) is 0 Å². The van der Waals surface area contributed by atoms with Crippen molar-refractivity contribution in [1.82, 2.24) is 15.1 Å². The number of aryl methyl sites for hydroxylation is 1. The van der Waals surface area contributed by atoms with Gasteiger partial charge in [0.1, 0.15) is 0 Å². The zero-order chi connectivity index (χ0) is 16.5. The van der Waals surface area contributed by atoms with Gasteiger partial charge in [0.25, 0.3) is 0 Å². The molecule has 2 aliphatic heterocycles. The number of piperidine rings is 1. The number of nitrogens with zero attached hydrogens (tertiary/aromatic N) is 3. The molecule has 2 atom stereocenters. The Balaban J connectivity index is 1.47. The molecule has 0 radical (unpaired) electrons. The fraction of sp³-hybridized carbons (Fsp3) is 0.474. The topological polar surface area (TPSA) is 52.2 Å². The molecule has 2 aromatic rings. The van der Waals surface area contributed by atoms with Crippen molar-refractivity contribution < 1.29 is 4.79 Å². The van der Waals surface area contributed by atoms with E-state index in [4.69, 9.17) is 0 Å². The number of rotatable bonds is 3. The highest BCUT2D eigenvalue weighted by Crippen LogP contribution is 2.31. The molecule has 2 aliphatic rings. The van der Waals surface area contributed by atoms with Gasteiger partial charge in [-0.15, -0.1) is 0 Å². The molecule has 1 aromatic carbocycles. The largest absolute Gasteiger partial charge is 0.311 e. The number of para-hydroxylation sites is 1. The average molecular weight is 324 g/mol. The fourth-order valence-electron chi connectivity index (χ4n) is 4.05. The lowest BCUT2D eigenvalue weighted by Crippen LogP contribution is -2.46. The van der Waals surface area contributed by atoms with Crippen LogP contribution in [0.1, 0.15) is 36.6 Å². The number of amides is 1. The van der Waals surface area contributed by atoms with Gasteiger partial charge < -0.3 is 4.90 Å². The summed E-state index contributed by atoms with van der Waals surface area (Å²) in [5.74, 6) is 0.683. The van der Waals surface area contributed by atoms with Crippen LogP contribution in [0.4, 0.5) is 5.69 Å². The van der Waals surface area contributed by atoms with Crippen molar-refractivity contribution in [2.75, 3.05) is 24.5 Å². The van der Waals surface area contributed by atoms with Gasteiger partial charge >= 0.3 is 0 Å².